The van der Waals surface area contributed by atoms with Gasteiger partial charge in [0.25, 0.3) is 5.91 Å². The molecule has 5 nitrogen and oxygen atoms in total. The summed E-state index contributed by atoms with van der Waals surface area (Å²) in [5, 5.41) is 5.99. The van der Waals surface area contributed by atoms with Gasteiger partial charge in [-0.2, -0.15) is 0 Å². The number of ether oxygens (including phenoxy) is 2. The highest BCUT2D eigenvalue weighted by atomic mass is 16.5. The molecule has 2 heterocycles. The highest BCUT2D eigenvalue weighted by molar-refractivity contribution is 5.81. The van der Waals surface area contributed by atoms with E-state index in [4.69, 9.17) is 9.47 Å². The molecule has 0 spiro atoms. The average molecular weight is 214 g/mol. The Hall–Kier alpha value is -0.650. The maximum atomic E-state index is 11.6. The predicted octanol–water partition coefficient (Wildman–Crippen LogP) is -0.730. The van der Waals surface area contributed by atoms with Gasteiger partial charge in [0.05, 0.1) is 12.7 Å². The van der Waals surface area contributed by atoms with E-state index in [1.165, 1.54) is 0 Å². The third-order valence-corrected chi connectivity index (χ3v) is 2.75. The van der Waals surface area contributed by atoms with Gasteiger partial charge in [-0.1, -0.05) is 0 Å². The van der Waals surface area contributed by atoms with Gasteiger partial charge < -0.3 is 20.1 Å². The van der Waals surface area contributed by atoms with Crippen LogP contribution < -0.4 is 10.6 Å². The van der Waals surface area contributed by atoms with E-state index >= 15 is 0 Å². The smallest absolute Gasteiger partial charge is 0.250 e. The molecule has 0 bridgehead atoms. The molecule has 0 saturated carbocycles. The summed E-state index contributed by atoms with van der Waals surface area (Å²) in [6, 6.07) is 0. The van der Waals surface area contributed by atoms with Crippen LogP contribution in [0.25, 0.3) is 0 Å². The molecule has 2 aliphatic heterocycles. The van der Waals surface area contributed by atoms with Crippen molar-refractivity contribution in [2.24, 2.45) is 0 Å². The summed E-state index contributed by atoms with van der Waals surface area (Å²) in [6.07, 6.45) is 2.01. The zero-order valence-corrected chi connectivity index (χ0v) is 8.83. The van der Waals surface area contributed by atoms with E-state index in [-0.39, 0.29) is 18.1 Å². The zero-order valence-electron chi connectivity index (χ0n) is 8.83. The van der Waals surface area contributed by atoms with Crippen molar-refractivity contribution in [1.82, 2.24) is 10.6 Å². The fraction of sp³-hybridized carbons (Fsp3) is 0.900. The fourth-order valence-electron chi connectivity index (χ4n) is 1.87. The standard InChI is InChI=1S/C10H18N2O3/c13-10(9-7-11-3-5-15-9)12-6-8-2-1-4-14-8/h8-9,11H,1-7H2,(H,12,13)/t8?,9-/m1/s1. The van der Waals surface area contributed by atoms with E-state index in [9.17, 15) is 4.79 Å². The number of hydrogen-bond donors (Lipinski definition) is 2. The summed E-state index contributed by atoms with van der Waals surface area (Å²) >= 11 is 0. The number of morpholine rings is 1. The molecule has 2 N–H and O–H groups in total. The second kappa shape index (κ2) is 5.44. The number of nitrogens with one attached hydrogen (secondary N) is 2. The summed E-state index contributed by atoms with van der Waals surface area (Å²) < 4.78 is 10.8. The van der Waals surface area contributed by atoms with E-state index in [1.807, 2.05) is 0 Å². The van der Waals surface area contributed by atoms with Gasteiger partial charge in [0.1, 0.15) is 6.10 Å². The van der Waals surface area contributed by atoms with Crippen molar-refractivity contribution < 1.29 is 14.3 Å². The third-order valence-electron chi connectivity index (χ3n) is 2.75. The molecule has 0 aromatic carbocycles. The van der Waals surface area contributed by atoms with Gasteiger partial charge in [0.15, 0.2) is 0 Å². The topological polar surface area (TPSA) is 59.6 Å². The van der Waals surface area contributed by atoms with Crippen molar-refractivity contribution in [3.63, 3.8) is 0 Å². The van der Waals surface area contributed by atoms with Gasteiger partial charge in [-0.15, -0.1) is 0 Å². The lowest BCUT2D eigenvalue weighted by atomic mass is 10.2. The molecule has 0 aromatic heterocycles. The van der Waals surface area contributed by atoms with Crippen LogP contribution >= 0.6 is 0 Å². The maximum absolute atomic E-state index is 11.6. The number of rotatable bonds is 3. The van der Waals surface area contributed by atoms with Crippen molar-refractivity contribution >= 4 is 5.91 Å². The minimum atomic E-state index is -0.333. The lowest BCUT2D eigenvalue weighted by molar-refractivity contribution is -0.134. The summed E-state index contributed by atoms with van der Waals surface area (Å²) in [5.41, 5.74) is 0. The Morgan fingerprint density at radius 3 is 3.00 bits per heavy atom. The molecule has 0 aromatic rings. The van der Waals surface area contributed by atoms with E-state index in [2.05, 4.69) is 10.6 Å². The third kappa shape index (κ3) is 3.15. The Kier molecular flexibility index (Phi) is 3.94. The molecule has 86 valence electrons. The lowest BCUT2D eigenvalue weighted by Gasteiger charge is -2.23. The highest BCUT2D eigenvalue weighted by Crippen LogP contribution is 2.10. The van der Waals surface area contributed by atoms with Crippen molar-refractivity contribution in [3.05, 3.63) is 0 Å². The molecule has 15 heavy (non-hydrogen) atoms. The Labute approximate surface area is 89.5 Å². The molecular weight excluding hydrogens is 196 g/mol. The normalized spacial score (nSPS) is 31.5. The number of hydrogen-bond acceptors (Lipinski definition) is 4. The first-order chi connectivity index (χ1) is 7.36. The van der Waals surface area contributed by atoms with Crippen LogP contribution in [0.5, 0.6) is 0 Å². The van der Waals surface area contributed by atoms with E-state index < -0.39 is 0 Å². The van der Waals surface area contributed by atoms with Crippen LogP contribution in [0.15, 0.2) is 0 Å². The molecule has 0 aliphatic carbocycles. The van der Waals surface area contributed by atoms with E-state index in [0.717, 1.165) is 26.0 Å². The monoisotopic (exact) mass is 214 g/mol. The number of carbonyl (C=O) groups excluding carboxylic acids is 1. The van der Waals surface area contributed by atoms with Crippen LogP contribution in [0.2, 0.25) is 0 Å². The van der Waals surface area contributed by atoms with Gasteiger partial charge in [-0.3, -0.25) is 4.79 Å². The summed E-state index contributed by atoms with van der Waals surface area (Å²) in [6.45, 7) is 3.48. The van der Waals surface area contributed by atoms with Crippen LogP contribution in [0.1, 0.15) is 12.8 Å². The summed E-state index contributed by atoms with van der Waals surface area (Å²) in [7, 11) is 0. The number of carbonyl (C=O) groups is 1. The molecular formula is C10H18N2O3. The first kappa shape index (κ1) is 10.9. The van der Waals surface area contributed by atoms with Crippen molar-refractivity contribution in [3.8, 4) is 0 Å². The van der Waals surface area contributed by atoms with Gasteiger partial charge in [-0.05, 0) is 12.8 Å². The largest absolute Gasteiger partial charge is 0.376 e. The quantitative estimate of drug-likeness (QED) is 0.650. The molecule has 2 atom stereocenters. The molecule has 1 unspecified atom stereocenters. The van der Waals surface area contributed by atoms with Crippen molar-refractivity contribution in [2.45, 2.75) is 25.0 Å². The lowest BCUT2D eigenvalue weighted by Crippen LogP contribution is -2.49. The SMILES string of the molecule is O=C(NCC1CCCO1)[C@H]1CNCCO1. The van der Waals surface area contributed by atoms with Crippen LogP contribution in [-0.2, 0) is 14.3 Å². The summed E-state index contributed by atoms with van der Waals surface area (Å²) in [4.78, 5) is 11.6. The van der Waals surface area contributed by atoms with Crippen LogP contribution in [0, 0.1) is 0 Å². The average Bonchev–Trinajstić information content (AvgIpc) is 2.80. The van der Waals surface area contributed by atoms with Crippen molar-refractivity contribution in [1.29, 1.82) is 0 Å². The van der Waals surface area contributed by atoms with Crippen LogP contribution in [-0.4, -0.2) is 51.0 Å². The molecule has 2 fully saturated rings. The van der Waals surface area contributed by atoms with E-state index in [1.54, 1.807) is 0 Å². The molecule has 2 saturated heterocycles. The van der Waals surface area contributed by atoms with Gasteiger partial charge in [0, 0.05) is 26.2 Å². The molecule has 5 heteroatoms. The Bertz CT molecular complexity index is 211. The van der Waals surface area contributed by atoms with Crippen LogP contribution in [0.3, 0.4) is 0 Å². The minimum Gasteiger partial charge on any atom is -0.376 e. The Morgan fingerprint density at radius 1 is 1.40 bits per heavy atom. The van der Waals surface area contributed by atoms with Crippen molar-refractivity contribution in [2.75, 3.05) is 32.8 Å². The predicted molar refractivity (Wildman–Crippen MR) is 54.6 cm³/mol. The first-order valence-electron chi connectivity index (χ1n) is 5.58. The maximum Gasteiger partial charge on any atom is 0.250 e. The minimum absolute atomic E-state index is 0.0299. The summed E-state index contributed by atoms with van der Waals surface area (Å²) in [5.74, 6) is -0.0299. The molecule has 0 radical (unpaired) electrons. The van der Waals surface area contributed by atoms with Gasteiger partial charge in [0.2, 0.25) is 0 Å². The van der Waals surface area contributed by atoms with E-state index in [0.29, 0.717) is 19.7 Å². The Morgan fingerprint density at radius 2 is 2.33 bits per heavy atom. The number of amides is 1. The second-order valence-electron chi connectivity index (χ2n) is 3.94. The fourth-order valence-corrected chi connectivity index (χ4v) is 1.87. The second-order valence-corrected chi connectivity index (χ2v) is 3.94. The molecule has 1 amide bonds. The molecule has 2 aliphatic rings. The van der Waals surface area contributed by atoms with Crippen LogP contribution in [0.4, 0.5) is 0 Å². The molecule has 2 rings (SSSR count). The van der Waals surface area contributed by atoms with Gasteiger partial charge in [-0.25, -0.2) is 0 Å². The first-order valence-corrected chi connectivity index (χ1v) is 5.58. The Balaban J connectivity index is 1.66. The highest BCUT2D eigenvalue weighted by Gasteiger charge is 2.23. The zero-order chi connectivity index (χ0) is 10.5. The van der Waals surface area contributed by atoms with Gasteiger partial charge >= 0.3 is 0 Å².